The summed E-state index contributed by atoms with van der Waals surface area (Å²) in [6.07, 6.45) is 3.08. The predicted molar refractivity (Wildman–Crippen MR) is 149 cm³/mol. The summed E-state index contributed by atoms with van der Waals surface area (Å²) in [4.78, 5) is 21.9. The van der Waals surface area contributed by atoms with Gasteiger partial charge in [-0.15, -0.1) is 0 Å². The van der Waals surface area contributed by atoms with E-state index in [2.05, 4.69) is 0 Å². The van der Waals surface area contributed by atoms with Crippen molar-refractivity contribution in [1.82, 2.24) is 0 Å². The van der Waals surface area contributed by atoms with Gasteiger partial charge in [-0.25, -0.2) is 8.78 Å². The topological polar surface area (TPSA) is 120 Å². The molecule has 0 saturated carbocycles. The lowest BCUT2D eigenvalue weighted by Gasteiger charge is -2.04. The molecule has 0 amide bonds. The third-order valence-corrected chi connectivity index (χ3v) is 7.18. The lowest BCUT2D eigenvalue weighted by atomic mass is 10.0. The first-order valence-electron chi connectivity index (χ1n) is 10.7. The van der Waals surface area contributed by atoms with Crippen LogP contribution in [0.25, 0.3) is 22.3 Å². The number of hydrogen-bond acceptors (Lipinski definition) is 6. The Labute approximate surface area is 234 Å². The molecule has 4 aromatic rings. The van der Waals surface area contributed by atoms with E-state index in [9.17, 15) is 37.4 Å². The zero-order chi connectivity index (χ0) is 28.0. The summed E-state index contributed by atoms with van der Waals surface area (Å²) in [7, 11) is -2.24. The number of nitrogens with zero attached hydrogens (tertiary/aromatic N) is 2. The van der Waals surface area contributed by atoms with Crippen molar-refractivity contribution in [3.05, 3.63) is 117 Å². The summed E-state index contributed by atoms with van der Waals surface area (Å²) in [6, 6.07) is 19.4. The van der Waals surface area contributed by atoms with Crippen LogP contribution < -0.4 is 0 Å². The first kappa shape index (κ1) is 31.4. The zero-order valence-corrected chi connectivity index (χ0v) is 22.9. The summed E-state index contributed by atoms with van der Waals surface area (Å²) in [6.45, 7) is 0. The Bertz CT molecular complexity index is 1430. The fourth-order valence-electron chi connectivity index (χ4n) is 3.45. The Hall–Kier alpha value is -3.81. The van der Waals surface area contributed by atoms with Crippen LogP contribution in [0.5, 0.6) is 0 Å². The summed E-state index contributed by atoms with van der Waals surface area (Å²) in [5, 5.41) is 21.8. The van der Waals surface area contributed by atoms with Crippen LogP contribution in [0, 0.1) is 31.9 Å². The van der Waals surface area contributed by atoms with Crippen LogP contribution in [-0.2, 0) is 35.1 Å². The molecule has 0 aromatic heterocycles. The smallest absolute Gasteiger partial charge is 0.277 e. The third kappa shape index (κ3) is 8.09. The average molecular weight is 591 g/mol. The van der Waals surface area contributed by atoms with Crippen molar-refractivity contribution in [2.75, 3.05) is 12.5 Å². The van der Waals surface area contributed by atoms with Gasteiger partial charge in [-0.3, -0.25) is 28.6 Å². The first-order valence-corrected chi connectivity index (χ1v) is 13.8. The summed E-state index contributed by atoms with van der Waals surface area (Å²) < 4.78 is 49.0. The van der Waals surface area contributed by atoms with Crippen LogP contribution in [0.4, 0.5) is 20.2 Å². The van der Waals surface area contributed by atoms with Gasteiger partial charge >= 0.3 is 0 Å². The Balaban J connectivity index is 0.000000267. The number of rotatable bonds is 6. The fraction of sp³-hybridized carbons (Fsp3) is 0.0769. The maximum atomic E-state index is 13.2. The molecule has 0 N–H and O–H groups in total. The van der Waals surface area contributed by atoms with E-state index in [1.165, 1.54) is 0 Å². The van der Waals surface area contributed by atoms with Crippen molar-refractivity contribution in [3.8, 4) is 22.3 Å². The minimum absolute atomic E-state index is 0. The minimum Gasteiger partial charge on any atom is -2.00 e. The highest BCUT2D eigenvalue weighted by Crippen LogP contribution is 2.32. The van der Waals surface area contributed by atoms with Crippen LogP contribution in [0.2, 0.25) is 0 Å². The van der Waals surface area contributed by atoms with Crippen LogP contribution >= 0.6 is 0 Å². The first-order chi connectivity index (χ1) is 18.0. The molecule has 0 spiro atoms. The van der Waals surface area contributed by atoms with Gasteiger partial charge < -0.3 is 13.5 Å². The Morgan fingerprint density at radius 1 is 0.590 bits per heavy atom. The van der Waals surface area contributed by atoms with Crippen molar-refractivity contribution in [2.24, 2.45) is 0 Å². The molecule has 0 aliphatic carbocycles. The molecule has 39 heavy (non-hydrogen) atoms. The van der Waals surface area contributed by atoms with E-state index < -0.39 is 43.1 Å². The van der Waals surface area contributed by atoms with Gasteiger partial charge in [0.1, 0.15) is 11.6 Å². The second-order valence-corrected chi connectivity index (χ2v) is 10.6. The Morgan fingerprint density at radius 3 is 1.15 bits per heavy atom. The number of benzene rings is 4. The van der Waals surface area contributed by atoms with Crippen LogP contribution in [0.3, 0.4) is 0 Å². The lowest BCUT2D eigenvalue weighted by Crippen LogP contribution is -1.93. The van der Waals surface area contributed by atoms with Gasteiger partial charge in [0.15, 0.2) is 0 Å². The molecule has 4 aromatic carbocycles. The largest absolute Gasteiger partial charge is 2.00 e. The van der Waals surface area contributed by atoms with Gasteiger partial charge in [-0.05, 0) is 59.7 Å². The van der Waals surface area contributed by atoms with E-state index in [1.54, 1.807) is 61.0 Å². The molecule has 0 aliphatic heterocycles. The number of nitro benzene ring substituents is 2. The van der Waals surface area contributed by atoms with E-state index in [0.29, 0.717) is 20.9 Å². The average Bonchev–Trinajstić information content (AvgIpc) is 2.88. The molecule has 0 fully saturated rings. The normalized spacial score (nSPS) is 11.8. The maximum absolute atomic E-state index is 13.2. The molecule has 8 nitrogen and oxygen atoms in total. The molecule has 204 valence electrons. The molecule has 2 atom stereocenters. The highest BCUT2D eigenvalue weighted by atomic mass is 32.2. The third-order valence-electron chi connectivity index (χ3n) is 5.31. The Kier molecular flexibility index (Phi) is 11.1. The van der Waals surface area contributed by atoms with E-state index in [4.69, 9.17) is 0 Å². The maximum Gasteiger partial charge on any atom is 0.277 e. The highest BCUT2D eigenvalue weighted by Gasteiger charge is 2.17. The quantitative estimate of drug-likeness (QED) is 0.193. The predicted octanol–water partition coefficient (Wildman–Crippen LogP) is 6.27. The molecule has 13 heteroatoms. The van der Waals surface area contributed by atoms with Gasteiger partial charge in [0.05, 0.1) is 21.0 Å². The molecule has 0 saturated heterocycles. The number of hydrogen-bond donors (Lipinski definition) is 0. The summed E-state index contributed by atoms with van der Waals surface area (Å²) >= 11 is 0. The summed E-state index contributed by atoms with van der Waals surface area (Å²) in [5.74, 6) is -1.08. The van der Waals surface area contributed by atoms with Gasteiger partial charge in [-0.1, -0.05) is 24.3 Å². The van der Waals surface area contributed by atoms with Crippen LogP contribution in [-0.4, -0.2) is 30.8 Å². The fourth-order valence-corrected chi connectivity index (χ4v) is 4.49. The van der Waals surface area contributed by atoms with E-state index in [-0.39, 0.29) is 36.0 Å². The van der Waals surface area contributed by atoms with Crippen molar-refractivity contribution < 1.29 is 27.0 Å². The second-order valence-electron chi connectivity index (χ2n) is 7.79. The molecule has 0 bridgehead atoms. The lowest BCUT2D eigenvalue weighted by molar-refractivity contribution is -0.384. The van der Waals surface area contributed by atoms with Gasteiger partial charge in [-0.2, -0.15) is 0 Å². The molecule has 0 radical (unpaired) electrons. The highest BCUT2D eigenvalue weighted by molar-refractivity contribution is 7.84. The van der Waals surface area contributed by atoms with Crippen molar-refractivity contribution in [1.29, 1.82) is 0 Å². The Morgan fingerprint density at radius 2 is 0.897 bits per heavy atom. The standard InChI is InChI=1S/2C13H10FNO3S.S/c2*1-19(18)11-5-2-9(3-6-11)12-8-10(14)4-7-13(12)15(16)17;/h2*2-8H,1H3;/q;;-2. The zero-order valence-electron chi connectivity index (χ0n) is 20.4. The number of nitro groups is 2. The van der Waals surface area contributed by atoms with E-state index >= 15 is 0 Å². The monoisotopic (exact) mass is 590 g/mol. The van der Waals surface area contributed by atoms with Crippen LogP contribution in [0.1, 0.15) is 0 Å². The molecular weight excluding hydrogens is 570 g/mol. The van der Waals surface area contributed by atoms with Gasteiger partial charge in [0.25, 0.3) is 11.4 Å². The molecule has 0 aliphatic rings. The summed E-state index contributed by atoms with van der Waals surface area (Å²) in [5.41, 5.74) is 1.12. The van der Waals surface area contributed by atoms with Crippen molar-refractivity contribution >= 4 is 46.5 Å². The van der Waals surface area contributed by atoms with Crippen molar-refractivity contribution in [2.45, 2.75) is 9.79 Å². The van der Waals surface area contributed by atoms with Gasteiger partial charge in [0, 0.05) is 56.0 Å². The SMILES string of the molecule is CS(=O)c1ccc(-c2cc(F)ccc2[N+](=O)[O-])cc1.CS(=O)c1ccc(-c2cc(F)ccc2[N+](=O)[O-])cc1.[S-2]. The van der Waals surface area contributed by atoms with Crippen LogP contribution in [0.15, 0.2) is 94.7 Å². The molecular formula is C26H20F2N2O6S3-2. The molecule has 0 heterocycles. The van der Waals surface area contributed by atoms with Crippen molar-refractivity contribution in [3.63, 3.8) is 0 Å². The second kappa shape index (κ2) is 13.8. The molecule has 4 rings (SSSR count). The minimum atomic E-state index is -1.12. The molecule has 2 unspecified atom stereocenters. The van der Waals surface area contributed by atoms with E-state index in [0.717, 1.165) is 36.4 Å². The van der Waals surface area contributed by atoms with Gasteiger partial charge in [0.2, 0.25) is 0 Å². The van der Waals surface area contributed by atoms with E-state index in [1.807, 2.05) is 0 Å². The number of halogens is 2.